The van der Waals surface area contributed by atoms with Crippen LogP contribution in [0, 0.1) is 0 Å². The van der Waals surface area contributed by atoms with Gasteiger partial charge in [-0.25, -0.2) is 0 Å². The lowest BCUT2D eigenvalue weighted by atomic mass is 10.1. The highest BCUT2D eigenvalue weighted by atomic mass is 79.9. The first kappa shape index (κ1) is 11.2. The van der Waals surface area contributed by atoms with Gasteiger partial charge in [-0.3, -0.25) is 0 Å². The lowest BCUT2D eigenvalue weighted by Gasteiger charge is -2.11. The van der Waals surface area contributed by atoms with Crippen molar-refractivity contribution in [1.29, 1.82) is 0 Å². The van der Waals surface area contributed by atoms with Gasteiger partial charge in [-0.1, -0.05) is 39.1 Å². The minimum absolute atomic E-state index is 0.192. The lowest BCUT2D eigenvalue weighted by Crippen LogP contribution is -1.92. The van der Waals surface area contributed by atoms with Crippen molar-refractivity contribution in [2.24, 2.45) is 0 Å². The van der Waals surface area contributed by atoms with E-state index in [4.69, 9.17) is 27.9 Å². The summed E-state index contributed by atoms with van der Waals surface area (Å²) in [7, 11) is 1.61. The molecule has 1 atom stereocenters. The van der Waals surface area contributed by atoms with Crippen LogP contribution in [0.5, 0.6) is 5.75 Å². The molecule has 0 fully saturated rings. The van der Waals surface area contributed by atoms with Gasteiger partial charge in [-0.05, 0) is 13.0 Å². The van der Waals surface area contributed by atoms with E-state index in [1.165, 1.54) is 0 Å². The van der Waals surface area contributed by atoms with E-state index in [0.717, 1.165) is 11.3 Å². The average Bonchev–Trinajstić information content (AvgIpc) is 2.08. The smallest absolute Gasteiger partial charge is 0.124 e. The summed E-state index contributed by atoms with van der Waals surface area (Å²) in [4.78, 5) is 0.192. The van der Waals surface area contributed by atoms with E-state index in [2.05, 4.69) is 15.9 Å². The minimum atomic E-state index is 0.192. The molecule has 0 radical (unpaired) electrons. The summed E-state index contributed by atoms with van der Waals surface area (Å²) in [5.41, 5.74) is 0.997. The Morgan fingerprint density at radius 1 is 1.31 bits per heavy atom. The van der Waals surface area contributed by atoms with Crippen LogP contribution in [0.3, 0.4) is 0 Å². The third-order valence-corrected chi connectivity index (χ3v) is 2.92. The largest absolute Gasteiger partial charge is 0.496 e. The number of hydrogen-bond acceptors (Lipinski definition) is 1. The van der Waals surface area contributed by atoms with Crippen LogP contribution >= 0.6 is 39.1 Å². The summed E-state index contributed by atoms with van der Waals surface area (Å²) < 4.78 is 5.17. The van der Waals surface area contributed by atoms with Gasteiger partial charge in [0, 0.05) is 16.5 Å². The van der Waals surface area contributed by atoms with E-state index in [0.29, 0.717) is 10.0 Å². The van der Waals surface area contributed by atoms with Gasteiger partial charge in [0.05, 0.1) is 17.2 Å². The maximum absolute atomic E-state index is 5.88. The SMILES string of the molecule is COc1cc(Cl)c(Cl)cc1C(C)Br. The summed E-state index contributed by atoms with van der Waals surface area (Å²) in [6, 6.07) is 3.53. The van der Waals surface area contributed by atoms with E-state index in [1.54, 1.807) is 13.2 Å². The molecule has 0 amide bonds. The molecule has 0 N–H and O–H groups in total. The van der Waals surface area contributed by atoms with Crippen molar-refractivity contribution >= 4 is 39.1 Å². The fourth-order valence-corrected chi connectivity index (χ4v) is 1.72. The number of hydrogen-bond donors (Lipinski definition) is 0. The molecule has 0 aliphatic rings. The molecule has 13 heavy (non-hydrogen) atoms. The first-order chi connectivity index (χ1) is 6.06. The third kappa shape index (κ3) is 2.52. The van der Waals surface area contributed by atoms with Crippen LogP contribution in [-0.2, 0) is 0 Å². The summed E-state index contributed by atoms with van der Waals surface area (Å²) in [5.74, 6) is 0.749. The van der Waals surface area contributed by atoms with Crippen molar-refractivity contribution in [1.82, 2.24) is 0 Å². The van der Waals surface area contributed by atoms with Crippen molar-refractivity contribution in [3.8, 4) is 5.75 Å². The van der Waals surface area contributed by atoms with Gasteiger partial charge in [0.1, 0.15) is 5.75 Å². The zero-order valence-corrected chi connectivity index (χ0v) is 10.4. The van der Waals surface area contributed by atoms with E-state index >= 15 is 0 Å². The van der Waals surface area contributed by atoms with Gasteiger partial charge in [-0.15, -0.1) is 0 Å². The number of benzene rings is 1. The fraction of sp³-hybridized carbons (Fsp3) is 0.333. The second-order valence-corrected chi connectivity index (χ2v) is 4.81. The van der Waals surface area contributed by atoms with Crippen LogP contribution < -0.4 is 4.74 Å². The molecule has 1 aromatic rings. The van der Waals surface area contributed by atoms with Crippen LogP contribution in [0.25, 0.3) is 0 Å². The van der Waals surface area contributed by atoms with Gasteiger partial charge in [0.25, 0.3) is 0 Å². The Morgan fingerprint density at radius 2 is 1.85 bits per heavy atom. The normalized spacial score (nSPS) is 12.7. The zero-order chi connectivity index (χ0) is 10.0. The number of rotatable bonds is 2. The number of methoxy groups -OCH3 is 1. The second-order valence-electron chi connectivity index (χ2n) is 2.62. The molecule has 0 saturated heterocycles. The fourth-order valence-electron chi connectivity index (χ4n) is 1.03. The Bertz CT molecular complexity index is 313. The summed E-state index contributed by atoms with van der Waals surface area (Å²) in [6.45, 7) is 2.00. The summed E-state index contributed by atoms with van der Waals surface area (Å²) >= 11 is 15.2. The van der Waals surface area contributed by atoms with Gasteiger partial charge < -0.3 is 4.74 Å². The molecular weight excluding hydrogens is 275 g/mol. The minimum Gasteiger partial charge on any atom is -0.496 e. The molecule has 1 rings (SSSR count). The number of ether oxygens (including phenoxy) is 1. The quantitative estimate of drug-likeness (QED) is 0.728. The highest BCUT2D eigenvalue weighted by Crippen LogP contribution is 2.36. The van der Waals surface area contributed by atoms with Crippen LogP contribution in [-0.4, -0.2) is 7.11 Å². The molecular formula is C9H9BrCl2O. The van der Waals surface area contributed by atoms with Crippen molar-refractivity contribution in [3.63, 3.8) is 0 Å². The van der Waals surface area contributed by atoms with E-state index in [-0.39, 0.29) is 4.83 Å². The van der Waals surface area contributed by atoms with E-state index in [9.17, 15) is 0 Å². The first-order valence-electron chi connectivity index (χ1n) is 3.73. The maximum atomic E-state index is 5.88. The molecule has 0 aliphatic heterocycles. The summed E-state index contributed by atoms with van der Waals surface area (Å²) in [5, 5.41) is 1.05. The number of alkyl halides is 1. The highest BCUT2D eigenvalue weighted by molar-refractivity contribution is 9.09. The number of halogens is 3. The molecule has 0 aromatic heterocycles. The predicted molar refractivity (Wildman–Crippen MR) is 60.4 cm³/mol. The molecule has 4 heteroatoms. The van der Waals surface area contributed by atoms with E-state index < -0.39 is 0 Å². The Labute approximate surface area is 96.1 Å². The zero-order valence-electron chi connectivity index (χ0n) is 7.27. The molecule has 0 heterocycles. The molecule has 0 saturated carbocycles. The Hall–Kier alpha value is 0.0800. The van der Waals surface area contributed by atoms with Gasteiger partial charge in [0.15, 0.2) is 0 Å². The molecule has 0 bridgehead atoms. The molecule has 1 nitrogen and oxygen atoms in total. The highest BCUT2D eigenvalue weighted by Gasteiger charge is 2.11. The van der Waals surface area contributed by atoms with Crippen LogP contribution in [0.15, 0.2) is 12.1 Å². The van der Waals surface area contributed by atoms with Gasteiger partial charge in [-0.2, -0.15) is 0 Å². The van der Waals surface area contributed by atoms with Crippen molar-refractivity contribution in [2.45, 2.75) is 11.8 Å². The summed E-state index contributed by atoms with van der Waals surface area (Å²) in [6.07, 6.45) is 0. The second kappa shape index (κ2) is 4.54. The van der Waals surface area contributed by atoms with Crippen molar-refractivity contribution < 1.29 is 4.74 Å². The Morgan fingerprint density at radius 3 is 2.31 bits per heavy atom. The van der Waals surface area contributed by atoms with Crippen molar-refractivity contribution in [2.75, 3.05) is 7.11 Å². The topological polar surface area (TPSA) is 9.23 Å². The third-order valence-electron chi connectivity index (χ3n) is 1.70. The Balaban J connectivity index is 3.25. The van der Waals surface area contributed by atoms with E-state index in [1.807, 2.05) is 13.0 Å². The van der Waals surface area contributed by atoms with Crippen LogP contribution in [0.2, 0.25) is 10.0 Å². The lowest BCUT2D eigenvalue weighted by molar-refractivity contribution is 0.410. The molecule has 72 valence electrons. The molecule has 0 spiro atoms. The standard InChI is InChI=1S/C9H9BrCl2O/c1-5(10)6-3-7(11)8(12)4-9(6)13-2/h3-5H,1-2H3. The van der Waals surface area contributed by atoms with Crippen LogP contribution in [0.4, 0.5) is 0 Å². The van der Waals surface area contributed by atoms with Crippen molar-refractivity contribution in [3.05, 3.63) is 27.7 Å². The molecule has 1 unspecified atom stereocenters. The van der Waals surface area contributed by atoms with Crippen LogP contribution in [0.1, 0.15) is 17.3 Å². The molecule has 0 aliphatic carbocycles. The average molecular weight is 284 g/mol. The maximum Gasteiger partial charge on any atom is 0.124 e. The Kier molecular flexibility index (Phi) is 3.89. The molecule has 1 aromatic carbocycles. The van der Waals surface area contributed by atoms with Gasteiger partial charge >= 0.3 is 0 Å². The first-order valence-corrected chi connectivity index (χ1v) is 5.40. The predicted octanol–water partition coefficient (Wildman–Crippen LogP) is 4.46. The monoisotopic (exact) mass is 282 g/mol. The van der Waals surface area contributed by atoms with Gasteiger partial charge in [0.2, 0.25) is 0 Å².